The van der Waals surface area contributed by atoms with E-state index < -0.39 is 0 Å². The summed E-state index contributed by atoms with van der Waals surface area (Å²) in [5.74, 6) is 5.83. The average Bonchev–Trinajstić information content (AvgIpc) is 2.06. The summed E-state index contributed by atoms with van der Waals surface area (Å²) in [6, 6.07) is 0. The van der Waals surface area contributed by atoms with Crippen LogP contribution in [0.15, 0.2) is 4.99 Å². The monoisotopic (exact) mass is 190 g/mol. The summed E-state index contributed by atoms with van der Waals surface area (Å²) in [5.41, 5.74) is 2.48. The minimum absolute atomic E-state index is 0.201. The minimum atomic E-state index is 0.201. The van der Waals surface area contributed by atoms with Crippen molar-refractivity contribution in [3.8, 4) is 0 Å². The van der Waals surface area contributed by atoms with E-state index in [2.05, 4.69) is 35.8 Å². The Bertz CT molecular complexity index is 155. The summed E-state index contributed by atoms with van der Waals surface area (Å²) >= 11 is 1.80. The quantitative estimate of drug-likeness (QED) is 0.257. The van der Waals surface area contributed by atoms with Crippen LogP contribution in [0.25, 0.3) is 0 Å². The van der Waals surface area contributed by atoms with Crippen molar-refractivity contribution in [2.45, 2.75) is 18.6 Å². The molecule has 4 N–H and O–H groups in total. The Kier molecular flexibility index (Phi) is 5.08. The lowest BCUT2D eigenvalue weighted by Gasteiger charge is -2.23. The number of aliphatic imine (C=N–C) groups is 1. The minimum Gasteiger partial charge on any atom is -0.354 e. The van der Waals surface area contributed by atoms with Gasteiger partial charge in [-0.05, 0) is 20.1 Å². The van der Waals surface area contributed by atoms with Crippen molar-refractivity contribution in [3.05, 3.63) is 0 Å². The van der Waals surface area contributed by atoms with E-state index in [9.17, 15) is 0 Å². The van der Waals surface area contributed by atoms with Gasteiger partial charge in [0, 0.05) is 18.3 Å². The molecule has 0 spiro atoms. The van der Waals surface area contributed by atoms with Crippen LogP contribution >= 0.6 is 11.8 Å². The van der Waals surface area contributed by atoms with Crippen LogP contribution in [0.2, 0.25) is 0 Å². The number of guanidine groups is 1. The second-order valence-corrected chi connectivity index (χ2v) is 4.55. The molecule has 0 radical (unpaired) electrons. The van der Waals surface area contributed by atoms with E-state index in [0.717, 1.165) is 6.54 Å². The number of hydrogen-bond donors (Lipinski definition) is 3. The molecule has 0 aromatic carbocycles. The largest absolute Gasteiger partial charge is 0.354 e. The predicted octanol–water partition coefficient (Wildman–Crippen LogP) is 0.167. The highest BCUT2D eigenvalue weighted by molar-refractivity contribution is 7.99. The number of nitrogens with zero attached hydrogens (tertiary/aromatic N) is 1. The first-order chi connectivity index (χ1) is 5.55. The zero-order chi connectivity index (χ0) is 9.61. The molecule has 0 atom stereocenters. The summed E-state index contributed by atoms with van der Waals surface area (Å²) in [4.78, 5) is 3.90. The molecule has 0 aliphatic carbocycles. The van der Waals surface area contributed by atoms with Gasteiger partial charge in [0.05, 0.1) is 0 Å². The molecule has 0 rings (SSSR count). The van der Waals surface area contributed by atoms with Gasteiger partial charge in [0.1, 0.15) is 0 Å². The predicted molar refractivity (Wildman–Crippen MR) is 56.3 cm³/mol. The van der Waals surface area contributed by atoms with Gasteiger partial charge in [0.25, 0.3) is 0 Å². The maximum Gasteiger partial charge on any atom is 0.205 e. The van der Waals surface area contributed by atoms with Crippen molar-refractivity contribution in [1.82, 2.24) is 10.7 Å². The van der Waals surface area contributed by atoms with E-state index in [1.807, 2.05) is 0 Å². The lowest BCUT2D eigenvalue weighted by Crippen LogP contribution is -2.45. The van der Waals surface area contributed by atoms with E-state index in [1.165, 1.54) is 0 Å². The fourth-order valence-corrected chi connectivity index (χ4v) is 0.780. The molecule has 0 aromatic heterocycles. The van der Waals surface area contributed by atoms with E-state index in [4.69, 9.17) is 5.84 Å². The van der Waals surface area contributed by atoms with Crippen LogP contribution in [0.3, 0.4) is 0 Å². The Hall–Kier alpha value is -0.420. The van der Waals surface area contributed by atoms with Gasteiger partial charge in [-0.25, -0.2) is 5.84 Å². The van der Waals surface area contributed by atoms with Crippen molar-refractivity contribution in [3.63, 3.8) is 0 Å². The average molecular weight is 190 g/mol. The Morgan fingerprint density at radius 3 is 2.50 bits per heavy atom. The van der Waals surface area contributed by atoms with Gasteiger partial charge < -0.3 is 5.32 Å². The first-order valence-corrected chi connectivity index (χ1v) is 5.00. The SMILES string of the molecule is CN=C(NN)NCC(C)(C)SC. The van der Waals surface area contributed by atoms with Crippen LogP contribution < -0.4 is 16.6 Å². The molecule has 0 amide bonds. The van der Waals surface area contributed by atoms with E-state index in [1.54, 1.807) is 18.8 Å². The normalized spacial score (nSPS) is 12.9. The first-order valence-electron chi connectivity index (χ1n) is 3.78. The van der Waals surface area contributed by atoms with Crippen LogP contribution in [0.5, 0.6) is 0 Å². The molecule has 0 saturated carbocycles. The second kappa shape index (κ2) is 5.27. The van der Waals surface area contributed by atoms with Crippen LogP contribution in [-0.4, -0.2) is 30.6 Å². The molecule has 0 aliphatic heterocycles. The fourth-order valence-electron chi connectivity index (χ4n) is 0.563. The smallest absolute Gasteiger partial charge is 0.205 e. The van der Waals surface area contributed by atoms with Gasteiger partial charge in [-0.3, -0.25) is 10.4 Å². The number of nitrogens with one attached hydrogen (secondary N) is 2. The number of hydrogen-bond acceptors (Lipinski definition) is 3. The van der Waals surface area contributed by atoms with Crippen molar-refractivity contribution in [2.24, 2.45) is 10.8 Å². The van der Waals surface area contributed by atoms with Crippen molar-refractivity contribution < 1.29 is 0 Å². The number of thioether (sulfide) groups is 1. The third kappa shape index (κ3) is 4.46. The second-order valence-electron chi connectivity index (χ2n) is 3.03. The molecule has 5 heteroatoms. The highest BCUT2D eigenvalue weighted by atomic mass is 32.2. The lowest BCUT2D eigenvalue weighted by molar-refractivity contribution is 0.667. The molecule has 0 bridgehead atoms. The summed E-state index contributed by atoms with van der Waals surface area (Å²) in [5, 5.41) is 3.10. The molecule has 0 heterocycles. The van der Waals surface area contributed by atoms with E-state index >= 15 is 0 Å². The lowest BCUT2D eigenvalue weighted by atomic mass is 10.2. The van der Waals surface area contributed by atoms with Gasteiger partial charge in [-0.15, -0.1) is 0 Å². The summed E-state index contributed by atoms with van der Waals surface area (Å²) < 4.78 is 0.201. The van der Waals surface area contributed by atoms with Gasteiger partial charge >= 0.3 is 0 Å². The van der Waals surface area contributed by atoms with Gasteiger partial charge in [0.2, 0.25) is 5.96 Å². The molecular weight excluding hydrogens is 172 g/mol. The van der Waals surface area contributed by atoms with Gasteiger partial charge in [0.15, 0.2) is 0 Å². The van der Waals surface area contributed by atoms with Crippen LogP contribution in [0, 0.1) is 0 Å². The van der Waals surface area contributed by atoms with E-state index in [0.29, 0.717) is 5.96 Å². The van der Waals surface area contributed by atoms with Crippen LogP contribution in [0.1, 0.15) is 13.8 Å². The number of nitrogens with two attached hydrogens (primary N) is 1. The van der Waals surface area contributed by atoms with Crippen LogP contribution in [-0.2, 0) is 0 Å². The van der Waals surface area contributed by atoms with Crippen molar-refractivity contribution in [2.75, 3.05) is 19.8 Å². The molecule has 0 unspecified atom stereocenters. The molecule has 0 aliphatic rings. The summed E-state index contributed by atoms with van der Waals surface area (Å²) in [7, 11) is 1.69. The zero-order valence-electron chi connectivity index (χ0n) is 8.14. The molecule has 0 fully saturated rings. The third-order valence-corrected chi connectivity index (χ3v) is 2.84. The number of rotatable bonds is 3. The molecule has 4 nitrogen and oxygen atoms in total. The Morgan fingerprint density at radius 2 is 2.17 bits per heavy atom. The molecule has 72 valence electrons. The summed E-state index contributed by atoms with van der Waals surface area (Å²) in [6.07, 6.45) is 2.08. The van der Waals surface area contributed by atoms with Gasteiger partial charge in [-0.1, -0.05) is 0 Å². The fraction of sp³-hybridized carbons (Fsp3) is 0.857. The van der Waals surface area contributed by atoms with Crippen LogP contribution in [0.4, 0.5) is 0 Å². The maximum absolute atomic E-state index is 5.20. The Labute approximate surface area is 78.4 Å². The molecule has 12 heavy (non-hydrogen) atoms. The third-order valence-electron chi connectivity index (χ3n) is 1.59. The molecular formula is C7H18N4S. The highest BCUT2D eigenvalue weighted by Crippen LogP contribution is 2.19. The highest BCUT2D eigenvalue weighted by Gasteiger charge is 2.15. The zero-order valence-corrected chi connectivity index (χ0v) is 8.96. The topological polar surface area (TPSA) is 62.4 Å². The van der Waals surface area contributed by atoms with E-state index in [-0.39, 0.29) is 4.75 Å². The van der Waals surface area contributed by atoms with Crippen molar-refractivity contribution >= 4 is 17.7 Å². The molecule has 0 saturated heterocycles. The standard InChI is InChI=1S/C7H18N4S/c1-7(2,12-4)5-10-6(9-3)11-8/h5,8H2,1-4H3,(H2,9,10,11). The number of hydrazine groups is 1. The van der Waals surface area contributed by atoms with Crippen molar-refractivity contribution in [1.29, 1.82) is 0 Å². The Balaban J connectivity index is 3.81. The molecule has 0 aromatic rings. The Morgan fingerprint density at radius 1 is 1.58 bits per heavy atom. The first kappa shape index (κ1) is 11.6. The van der Waals surface area contributed by atoms with Gasteiger partial charge in [-0.2, -0.15) is 11.8 Å². The maximum atomic E-state index is 5.20. The summed E-state index contributed by atoms with van der Waals surface area (Å²) in [6.45, 7) is 5.16.